The molecule has 8 heteroatoms. The van der Waals surface area contributed by atoms with Gasteiger partial charge in [0, 0.05) is 13.2 Å². The summed E-state index contributed by atoms with van der Waals surface area (Å²) in [5.41, 5.74) is 1.19. The fourth-order valence-electron chi connectivity index (χ4n) is 2.52. The topological polar surface area (TPSA) is 92.5 Å². The molecule has 0 saturated carbocycles. The molecule has 24 heavy (non-hydrogen) atoms. The molecule has 2 aromatic heterocycles. The molecule has 0 atom stereocenters. The minimum atomic E-state index is -0.346. The molecule has 0 radical (unpaired) electrons. The predicted octanol–water partition coefficient (Wildman–Crippen LogP) is 0.948. The fourth-order valence-corrected chi connectivity index (χ4v) is 2.52. The zero-order valence-corrected chi connectivity index (χ0v) is 13.7. The normalized spacial score (nSPS) is 14.2. The molecule has 0 aromatic carbocycles. The summed E-state index contributed by atoms with van der Waals surface area (Å²) in [6.07, 6.45) is 3.19. The van der Waals surface area contributed by atoms with Crippen LogP contribution in [0.15, 0.2) is 35.6 Å². The minimum absolute atomic E-state index is 0.0519. The Morgan fingerprint density at radius 1 is 1.33 bits per heavy atom. The Kier molecular flexibility index (Phi) is 4.11. The lowest BCUT2D eigenvalue weighted by molar-refractivity contribution is -0.123. The van der Waals surface area contributed by atoms with Crippen LogP contribution in [0, 0.1) is 0 Å². The third kappa shape index (κ3) is 2.78. The number of guanidine groups is 1. The summed E-state index contributed by atoms with van der Waals surface area (Å²) in [4.78, 5) is 33.8. The highest BCUT2D eigenvalue weighted by Crippen LogP contribution is 2.22. The van der Waals surface area contributed by atoms with E-state index in [4.69, 9.17) is 0 Å². The van der Waals surface area contributed by atoms with Crippen molar-refractivity contribution >= 4 is 17.8 Å². The number of pyridine rings is 1. The average Bonchev–Trinajstić information content (AvgIpc) is 3.15. The summed E-state index contributed by atoms with van der Waals surface area (Å²) in [5, 5.41) is 6.99. The van der Waals surface area contributed by atoms with Crippen molar-refractivity contribution in [1.82, 2.24) is 25.0 Å². The highest BCUT2D eigenvalue weighted by atomic mass is 16.2. The molecule has 1 aliphatic heterocycles. The van der Waals surface area contributed by atoms with E-state index in [0.29, 0.717) is 11.4 Å². The molecule has 8 nitrogen and oxygen atoms in total. The first-order valence-corrected chi connectivity index (χ1v) is 7.60. The molecule has 2 aromatic rings. The number of nitrogens with one attached hydrogen (secondary N) is 1. The van der Waals surface area contributed by atoms with Crippen LogP contribution < -0.4 is 5.32 Å². The lowest BCUT2D eigenvalue weighted by Gasteiger charge is -2.14. The van der Waals surface area contributed by atoms with Gasteiger partial charge in [0.15, 0.2) is 5.82 Å². The van der Waals surface area contributed by atoms with Gasteiger partial charge in [-0.3, -0.25) is 19.8 Å². The molecule has 0 unspecified atom stereocenters. The number of rotatable bonds is 3. The smallest absolute Gasteiger partial charge is 0.261 e. The van der Waals surface area contributed by atoms with E-state index in [2.05, 4.69) is 20.4 Å². The third-order valence-corrected chi connectivity index (χ3v) is 3.75. The van der Waals surface area contributed by atoms with Gasteiger partial charge in [0.25, 0.3) is 11.8 Å². The molecule has 1 N–H and O–H groups in total. The molecule has 1 aliphatic rings. The number of nitrogens with zero attached hydrogens (tertiary/aromatic N) is 5. The van der Waals surface area contributed by atoms with Gasteiger partial charge >= 0.3 is 0 Å². The van der Waals surface area contributed by atoms with Gasteiger partial charge in [-0.1, -0.05) is 19.9 Å². The molecule has 0 bridgehead atoms. The number of hydrogen-bond donors (Lipinski definition) is 1. The van der Waals surface area contributed by atoms with E-state index < -0.39 is 0 Å². The molecule has 2 amide bonds. The first-order chi connectivity index (χ1) is 11.5. The number of aromatic nitrogens is 3. The largest absolute Gasteiger partial charge is 0.292 e. The van der Waals surface area contributed by atoms with E-state index in [1.54, 1.807) is 17.9 Å². The first-order valence-electron chi connectivity index (χ1n) is 7.60. The maximum Gasteiger partial charge on any atom is 0.261 e. The molecule has 0 spiro atoms. The predicted molar refractivity (Wildman–Crippen MR) is 88.0 cm³/mol. The van der Waals surface area contributed by atoms with Crippen molar-refractivity contribution in [2.75, 3.05) is 13.6 Å². The second-order valence-electron chi connectivity index (χ2n) is 5.74. The van der Waals surface area contributed by atoms with Gasteiger partial charge in [-0.15, -0.1) is 0 Å². The quantitative estimate of drug-likeness (QED) is 0.909. The Balaban J connectivity index is 1.93. The molecule has 124 valence electrons. The van der Waals surface area contributed by atoms with Crippen molar-refractivity contribution in [3.8, 4) is 5.82 Å². The SMILES string of the molecule is CC(C)c1c(C(=O)NC2=NCC(=O)N2C)cnn1-c1ccccn1. The van der Waals surface area contributed by atoms with Gasteiger partial charge in [0.2, 0.25) is 5.96 Å². The summed E-state index contributed by atoms with van der Waals surface area (Å²) in [6.45, 7) is 4.02. The third-order valence-electron chi connectivity index (χ3n) is 3.75. The van der Waals surface area contributed by atoms with Crippen LogP contribution in [-0.2, 0) is 4.79 Å². The van der Waals surface area contributed by atoms with Gasteiger partial charge < -0.3 is 0 Å². The molecule has 0 saturated heterocycles. The molecule has 0 fully saturated rings. The van der Waals surface area contributed by atoms with Crippen LogP contribution in [0.2, 0.25) is 0 Å². The number of carbonyl (C=O) groups is 2. The van der Waals surface area contributed by atoms with E-state index in [1.165, 1.54) is 11.1 Å². The van der Waals surface area contributed by atoms with Crippen molar-refractivity contribution in [2.24, 2.45) is 4.99 Å². The van der Waals surface area contributed by atoms with Crippen LogP contribution in [0.25, 0.3) is 5.82 Å². The second kappa shape index (κ2) is 6.23. The van der Waals surface area contributed by atoms with Crippen molar-refractivity contribution in [3.05, 3.63) is 41.9 Å². The Labute approximate surface area is 139 Å². The Morgan fingerprint density at radius 2 is 2.12 bits per heavy atom. The fraction of sp³-hybridized carbons (Fsp3) is 0.312. The Morgan fingerprint density at radius 3 is 2.71 bits per heavy atom. The van der Waals surface area contributed by atoms with Gasteiger partial charge in [-0.05, 0) is 18.1 Å². The zero-order chi connectivity index (χ0) is 17.3. The van der Waals surface area contributed by atoms with Crippen molar-refractivity contribution in [3.63, 3.8) is 0 Å². The van der Waals surface area contributed by atoms with E-state index in [0.717, 1.165) is 5.69 Å². The van der Waals surface area contributed by atoms with Crippen molar-refractivity contribution < 1.29 is 9.59 Å². The van der Waals surface area contributed by atoms with Crippen LogP contribution in [0.4, 0.5) is 0 Å². The minimum Gasteiger partial charge on any atom is -0.292 e. The summed E-state index contributed by atoms with van der Waals surface area (Å²) in [5.74, 6) is 0.455. The van der Waals surface area contributed by atoms with Crippen LogP contribution in [0.5, 0.6) is 0 Å². The molecular formula is C16H18N6O2. The summed E-state index contributed by atoms with van der Waals surface area (Å²) in [7, 11) is 1.58. The number of carbonyl (C=O) groups excluding carboxylic acids is 2. The van der Waals surface area contributed by atoms with E-state index in [-0.39, 0.29) is 30.2 Å². The van der Waals surface area contributed by atoms with Crippen molar-refractivity contribution in [1.29, 1.82) is 0 Å². The number of hydrogen-bond acceptors (Lipinski definition) is 5. The van der Waals surface area contributed by atoms with E-state index >= 15 is 0 Å². The maximum absolute atomic E-state index is 12.6. The van der Waals surface area contributed by atoms with Crippen LogP contribution in [0.3, 0.4) is 0 Å². The lowest BCUT2D eigenvalue weighted by Crippen LogP contribution is -2.41. The van der Waals surface area contributed by atoms with E-state index in [1.807, 2.05) is 32.0 Å². The lowest BCUT2D eigenvalue weighted by atomic mass is 10.1. The van der Waals surface area contributed by atoms with Gasteiger partial charge in [0.05, 0.1) is 17.5 Å². The summed E-state index contributed by atoms with van der Waals surface area (Å²) < 4.78 is 1.66. The van der Waals surface area contributed by atoms with Crippen LogP contribution in [-0.4, -0.2) is 51.0 Å². The van der Waals surface area contributed by atoms with E-state index in [9.17, 15) is 9.59 Å². The maximum atomic E-state index is 12.6. The van der Waals surface area contributed by atoms with Gasteiger partial charge in [-0.25, -0.2) is 14.7 Å². The van der Waals surface area contributed by atoms with Crippen LogP contribution in [0.1, 0.15) is 35.8 Å². The summed E-state index contributed by atoms with van der Waals surface area (Å²) in [6, 6.07) is 5.51. The number of aliphatic imine (C=N–C) groups is 1. The molecule has 3 rings (SSSR count). The zero-order valence-electron chi connectivity index (χ0n) is 13.7. The number of amides is 2. The first kappa shape index (κ1) is 15.9. The molecule has 0 aliphatic carbocycles. The summed E-state index contributed by atoms with van der Waals surface area (Å²) >= 11 is 0. The second-order valence-corrected chi connectivity index (χ2v) is 5.74. The van der Waals surface area contributed by atoms with Gasteiger partial charge in [0.1, 0.15) is 6.54 Å². The highest BCUT2D eigenvalue weighted by Gasteiger charge is 2.26. The van der Waals surface area contributed by atoms with Gasteiger partial charge in [-0.2, -0.15) is 5.10 Å². The molecular weight excluding hydrogens is 308 g/mol. The Hall–Kier alpha value is -3.03. The average molecular weight is 326 g/mol. The highest BCUT2D eigenvalue weighted by molar-refractivity contribution is 6.12. The monoisotopic (exact) mass is 326 g/mol. The molecule has 3 heterocycles. The standard InChI is InChI=1S/C16H18N6O2/c1-10(2)14-11(8-19-22(14)12-6-4-5-7-17-12)15(24)20-16-18-9-13(23)21(16)3/h4-8,10H,9H2,1-3H3,(H,18,20,24). The van der Waals surface area contributed by atoms with Crippen LogP contribution >= 0.6 is 0 Å². The number of likely N-dealkylation sites (N-methyl/N-ethyl adjacent to an activating group) is 1. The Bertz CT molecular complexity index is 809. The van der Waals surface area contributed by atoms with Crippen molar-refractivity contribution in [2.45, 2.75) is 19.8 Å².